The van der Waals surface area contributed by atoms with E-state index in [-0.39, 0.29) is 17.7 Å². The number of phenolic OH excluding ortho intramolecular Hbond substituents is 1. The van der Waals surface area contributed by atoms with Crippen LogP contribution in [0.25, 0.3) is 16.9 Å². The second-order valence-electron chi connectivity index (χ2n) is 8.23. The van der Waals surface area contributed by atoms with Crippen molar-refractivity contribution in [1.82, 2.24) is 14.8 Å². The predicted octanol–water partition coefficient (Wildman–Crippen LogP) is 5.25. The van der Waals surface area contributed by atoms with Gasteiger partial charge in [-0.1, -0.05) is 54.1 Å². The Morgan fingerprint density at radius 3 is 2.48 bits per heavy atom. The van der Waals surface area contributed by atoms with Gasteiger partial charge in [-0.15, -0.1) is 0 Å². The van der Waals surface area contributed by atoms with Gasteiger partial charge >= 0.3 is 0 Å². The highest BCUT2D eigenvalue weighted by atomic mass is 16.3. The number of aromatic nitrogens is 2. The SMILES string of the molecule is CC(=O)N1N=C(c2ccccc2O)CC1c1cn(-c2ccccc2)nc1-c1cccc(C)c1. The van der Waals surface area contributed by atoms with Crippen LogP contribution in [0.15, 0.2) is 90.2 Å². The highest BCUT2D eigenvalue weighted by molar-refractivity contribution is 6.05. The lowest BCUT2D eigenvalue weighted by Crippen LogP contribution is -2.24. The molecule has 0 fully saturated rings. The molecule has 0 radical (unpaired) electrons. The number of nitrogens with zero attached hydrogens (tertiary/aromatic N) is 4. The fraction of sp³-hybridized carbons (Fsp3) is 0.148. The number of amides is 1. The van der Waals surface area contributed by atoms with Crippen molar-refractivity contribution in [1.29, 1.82) is 0 Å². The first-order valence-corrected chi connectivity index (χ1v) is 10.9. The average Bonchev–Trinajstić information content (AvgIpc) is 3.45. The molecule has 6 nitrogen and oxygen atoms in total. The van der Waals surface area contributed by atoms with Crippen molar-refractivity contribution in [2.75, 3.05) is 0 Å². The molecule has 1 aliphatic rings. The molecule has 0 saturated heterocycles. The van der Waals surface area contributed by atoms with Gasteiger partial charge in [-0.05, 0) is 37.3 Å². The van der Waals surface area contributed by atoms with E-state index in [1.807, 2.05) is 78.5 Å². The predicted molar refractivity (Wildman–Crippen MR) is 128 cm³/mol. The second-order valence-corrected chi connectivity index (χ2v) is 8.23. The van der Waals surface area contributed by atoms with E-state index in [0.717, 1.165) is 28.1 Å². The van der Waals surface area contributed by atoms with Crippen molar-refractivity contribution in [3.63, 3.8) is 0 Å². The third kappa shape index (κ3) is 3.91. The molecule has 0 spiro atoms. The number of aryl methyl sites for hydroxylation is 1. The van der Waals surface area contributed by atoms with Crippen molar-refractivity contribution in [3.05, 3.63) is 102 Å². The second kappa shape index (κ2) is 8.39. The Bertz CT molecular complexity index is 1360. The molecule has 5 rings (SSSR count). The molecular weight excluding hydrogens is 412 g/mol. The van der Waals surface area contributed by atoms with Gasteiger partial charge in [0.1, 0.15) is 5.75 Å². The average molecular weight is 437 g/mol. The van der Waals surface area contributed by atoms with E-state index >= 15 is 0 Å². The fourth-order valence-corrected chi connectivity index (χ4v) is 4.28. The molecule has 1 aliphatic heterocycles. The summed E-state index contributed by atoms with van der Waals surface area (Å²) < 4.78 is 1.85. The van der Waals surface area contributed by atoms with Crippen LogP contribution in [0, 0.1) is 6.92 Å². The molecule has 0 bridgehead atoms. The van der Waals surface area contributed by atoms with Crippen molar-refractivity contribution in [2.24, 2.45) is 5.10 Å². The van der Waals surface area contributed by atoms with Crippen molar-refractivity contribution in [3.8, 4) is 22.7 Å². The number of hydrogen-bond donors (Lipinski definition) is 1. The standard InChI is InChI=1S/C27H24N4O2/c1-18-9-8-10-20(15-18)27-23(17-30(29-27)21-11-4-3-5-12-21)25-16-24(28-31(25)19(2)32)22-13-6-7-14-26(22)33/h3-15,17,25,33H,16H2,1-2H3. The van der Waals surface area contributed by atoms with E-state index in [9.17, 15) is 9.90 Å². The van der Waals surface area contributed by atoms with E-state index < -0.39 is 0 Å². The van der Waals surface area contributed by atoms with Gasteiger partial charge in [-0.3, -0.25) is 4.79 Å². The lowest BCUT2D eigenvalue weighted by Gasteiger charge is -2.20. The van der Waals surface area contributed by atoms with Gasteiger partial charge in [-0.25, -0.2) is 9.69 Å². The summed E-state index contributed by atoms with van der Waals surface area (Å²) in [7, 11) is 0. The number of rotatable bonds is 4. The number of phenols is 1. The largest absolute Gasteiger partial charge is 0.507 e. The lowest BCUT2D eigenvalue weighted by molar-refractivity contribution is -0.130. The van der Waals surface area contributed by atoms with Crippen LogP contribution in [0.2, 0.25) is 0 Å². The lowest BCUT2D eigenvalue weighted by atomic mass is 9.95. The fourth-order valence-electron chi connectivity index (χ4n) is 4.28. The molecule has 1 amide bonds. The van der Waals surface area contributed by atoms with Gasteiger partial charge in [0.2, 0.25) is 5.91 Å². The quantitative estimate of drug-likeness (QED) is 0.475. The third-order valence-corrected chi connectivity index (χ3v) is 5.86. The Hall–Kier alpha value is -4.19. The normalized spacial score (nSPS) is 15.5. The molecule has 1 aromatic heterocycles. The highest BCUT2D eigenvalue weighted by Gasteiger charge is 2.35. The first-order valence-electron chi connectivity index (χ1n) is 10.9. The summed E-state index contributed by atoms with van der Waals surface area (Å²) in [5.41, 5.74) is 6.09. The Kier molecular flexibility index (Phi) is 5.26. The van der Waals surface area contributed by atoms with Crippen molar-refractivity contribution < 1.29 is 9.90 Å². The molecule has 2 heterocycles. The van der Waals surface area contributed by atoms with Crippen LogP contribution in [0.3, 0.4) is 0 Å². The van der Waals surface area contributed by atoms with Gasteiger partial charge in [-0.2, -0.15) is 10.2 Å². The Morgan fingerprint density at radius 2 is 1.76 bits per heavy atom. The summed E-state index contributed by atoms with van der Waals surface area (Å²) in [5, 5.41) is 21.4. The van der Waals surface area contributed by atoms with Crippen LogP contribution in [-0.4, -0.2) is 31.5 Å². The minimum atomic E-state index is -0.329. The van der Waals surface area contributed by atoms with Crippen LogP contribution in [0.1, 0.15) is 36.1 Å². The Balaban J connectivity index is 1.64. The molecule has 0 aliphatic carbocycles. The number of para-hydroxylation sites is 2. The molecule has 164 valence electrons. The summed E-state index contributed by atoms with van der Waals surface area (Å²) in [6.45, 7) is 3.56. The molecule has 1 atom stereocenters. The van der Waals surface area contributed by atoms with Crippen LogP contribution in [-0.2, 0) is 4.79 Å². The first kappa shape index (κ1) is 20.7. The minimum Gasteiger partial charge on any atom is -0.507 e. The number of carbonyl (C=O) groups is 1. The summed E-state index contributed by atoms with van der Waals surface area (Å²) in [4.78, 5) is 12.6. The summed E-state index contributed by atoms with van der Waals surface area (Å²) in [6, 6.07) is 24.9. The maximum absolute atomic E-state index is 12.6. The number of hydrogen-bond acceptors (Lipinski definition) is 4. The van der Waals surface area contributed by atoms with Gasteiger partial charge < -0.3 is 5.11 Å². The summed E-state index contributed by atoms with van der Waals surface area (Å²) >= 11 is 0. The summed E-state index contributed by atoms with van der Waals surface area (Å²) in [6.07, 6.45) is 2.47. The smallest absolute Gasteiger partial charge is 0.240 e. The molecule has 33 heavy (non-hydrogen) atoms. The Morgan fingerprint density at radius 1 is 1.00 bits per heavy atom. The molecule has 3 aromatic carbocycles. The van der Waals surface area contributed by atoms with Crippen LogP contribution in [0.4, 0.5) is 0 Å². The van der Waals surface area contributed by atoms with Crippen molar-refractivity contribution >= 4 is 11.6 Å². The monoisotopic (exact) mass is 436 g/mol. The van der Waals surface area contributed by atoms with E-state index in [1.165, 1.54) is 11.9 Å². The molecule has 0 saturated carbocycles. The zero-order valence-corrected chi connectivity index (χ0v) is 18.5. The van der Waals surface area contributed by atoms with Gasteiger partial charge in [0.05, 0.1) is 23.1 Å². The van der Waals surface area contributed by atoms with E-state index in [0.29, 0.717) is 17.7 Å². The maximum Gasteiger partial charge on any atom is 0.240 e. The Labute approximate surface area is 192 Å². The van der Waals surface area contributed by atoms with Crippen LogP contribution < -0.4 is 0 Å². The van der Waals surface area contributed by atoms with Gasteiger partial charge in [0.15, 0.2) is 0 Å². The van der Waals surface area contributed by atoms with Crippen LogP contribution >= 0.6 is 0 Å². The number of hydrazone groups is 1. The van der Waals surface area contributed by atoms with Gasteiger partial charge in [0, 0.05) is 36.2 Å². The molecule has 6 heteroatoms. The maximum atomic E-state index is 12.6. The molecule has 1 unspecified atom stereocenters. The van der Waals surface area contributed by atoms with Crippen LogP contribution in [0.5, 0.6) is 5.75 Å². The molecule has 4 aromatic rings. The van der Waals surface area contributed by atoms with Gasteiger partial charge in [0.25, 0.3) is 0 Å². The molecule has 1 N–H and O–H groups in total. The van der Waals surface area contributed by atoms with E-state index in [2.05, 4.69) is 11.2 Å². The van der Waals surface area contributed by atoms with E-state index in [1.54, 1.807) is 12.1 Å². The number of carbonyl (C=O) groups excluding carboxylic acids is 1. The van der Waals surface area contributed by atoms with E-state index in [4.69, 9.17) is 5.10 Å². The topological polar surface area (TPSA) is 70.7 Å². The highest BCUT2D eigenvalue weighted by Crippen LogP contribution is 2.39. The summed E-state index contributed by atoms with van der Waals surface area (Å²) in [5.74, 6) is -0.00707. The first-order chi connectivity index (χ1) is 16.0. The molecular formula is C27H24N4O2. The third-order valence-electron chi connectivity index (χ3n) is 5.86. The minimum absolute atomic E-state index is 0.152. The number of benzene rings is 3. The number of aromatic hydroxyl groups is 1. The zero-order chi connectivity index (χ0) is 22.9. The zero-order valence-electron chi connectivity index (χ0n) is 18.5. The van der Waals surface area contributed by atoms with Crippen molar-refractivity contribution in [2.45, 2.75) is 26.3 Å².